The highest BCUT2D eigenvalue weighted by molar-refractivity contribution is 5.94. The molecular formula is C22H22N2O8. The van der Waals surface area contributed by atoms with Crippen LogP contribution >= 0.6 is 0 Å². The number of aromatic hydroxyl groups is 2. The number of esters is 2. The average Bonchev–Trinajstić information content (AvgIpc) is 2.81. The molecule has 1 heterocycles. The number of hydrogen-bond acceptors (Lipinski definition) is 8. The molecule has 1 aliphatic heterocycles. The molecule has 0 aromatic heterocycles. The molecular weight excluding hydrogens is 420 g/mol. The van der Waals surface area contributed by atoms with E-state index in [1.807, 2.05) is 0 Å². The summed E-state index contributed by atoms with van der Waals surface area (Å²) in [6, 6.07) is 11.7. The third-order valence-corrected chi connectivity index (χ3v) is 4.89. The van der Waals surface area contributed by atoms with Crippen LogP contribution in [-0.2, 0) is 19.1 Å². The third kappa shape index (κ3) is 5.54. The Labute approximate surface area is 183 Å². The number of rotatable bonds is 6. The van der Waals surface area contributed by atoms with E-state index in [-0.39, 0.29) is 48.8 Å². The molecule has 3 rings (SSSR count). The molecule has 0 radical (unpaired) electrons. The van der Waals surface area contributed by atoms with Gasteiger partial charge in [-0.25, -0.2) is 9.59 Å². The third-order valence-electron chi connectivity index (χ3n) is 4.89. The van der Waals surface area contributed by atoms with Crippen LogP contribution in [0.15, 0.2) is 48.5 Å². The fourth-order valence-corrected chi connectivity index (χ4v) is 3.09. The van der Waals surface area contributed by atoms with E-state index in [0.29, 0.717) is 0 Å². The summed E-state index contributed by atoms with van der Waals surface area (Å²) in [7, 11) is 0. The molecule has 1 fully saturated rings. The minimum Gasteiger partial charge on any atom is -0.507 e. The zero-order chi connectivity index (χ0) is 23.1. The number of amides is 2. The van der Waals surface area contributed by atoms with E-state index >= 15 is 0 Å². The fraction of sp³-hybridized carbons (Fsp3) is 0.273. The minimum absolute atomic E-state index is 0.0333. The second kappa shape index (κ2) is 10.3. The summed E-state index contributed by atoms with van der Waals surface area (Å²) in [5.74, 6) is -2.94. The highest BCUT2D eigenvalue weighted by Crippen LogP contribution is 2.17. The van der Waals surface area contributed by atoms with E-state index < -0.39 is 37.0 Å². The maximum Gasteiger partial charge on any atom is 0.342 e. The van der Waals surface area contributed by atoms with Gasteiger partial charge < -0.3 is 29.5 Å². The van der Waals surface area contributed by atoms with Gasteiger partial charge >= 0.3 is 11.9 Å². The van der Waals surface area contributed by atoms with Gasteiger partial charge in [0, 0.05) is 26.2 Å². The molecule has 10 heteroatoms. The van der Waals surface area contributed by atoms with Gasteiger partial charge in [-0.05, 0) is 24.3 Å². The van der Waals surface area contributed by atoms with E-state index in [4.69, 9.17) is 9.47 Å². The number of ether oxygens (including phenoxy) is 2. The molecule has 0 spiro atoms. The van der Waals surface area contributed by atoms with Crippen molar-refractivity contribution in [2.45, 2.75) is 0 Å². The first-order chi connectivity index (χ1) is 15.4. The van der Waals surface area contributed by atoms with Crippen molar-refractivity contribution < 1.29 is 38.9 Å². The lowest BCUT2D eigenvalue weighted by atomic mass is 10.2. The first-order valence-corrected chi connectivity index (χ1v) is 9.82. The lowest BCUT2D eigenvalue weighted by Gasteiger charge is -2.34. The minimum atomic E-state index is -0.809. The average molecular weight is 442 g/mol. The van der Waals surface area contributed by atoms with Gasteiger partial charge in [0.1, 0.15) is 22.6 Å². The summed E-state index contributed by atoms with van der Waals surface area (Å²) in [5, 5.41) is 19.3. The molecule has 10 nitrogen and oxygen atoms in total. The van der Waals surface area contributed by atoms with E-state index in [0.717, 1.165) is 0 Å². The number of carbonyl (C=O) groups is 4. The lowest BCUT2D eigenvalue weighted by Crippen LogP contribution is -2.52. The Balaban J connectivity index is 1.41. The van der Waals surface area contributed by atoms with Gasteiger partial charge in [-0.3, -0.25) is 9.59 Å². The van der Waals surface area contributed by atoms with E-state index in [9.17, 15) is 29.4 Å². The van der Waals surface area contributed by atoms with Gasteiger partial charge in [0.2, 0.25) is 0 Å². The number of piperazine rings is 1. The zero-order valence-corrected chi connectivity index (χ0v) is 17.1. The normalized spacial score (nSPS) is 13.4. The quantitative estimate of drug-likeness (QED) is 0.627. The molecule has 1 aliphatic rings. The molecule has 2 N–H and O–H groups in total. The van der Waals surface area contributed by atoms with Crippen molar-refractivity contribution in [3.05, 3.63) is 59.7 Å². The van der Waals surface area contributed by atoms with Crippen LogP contribution in [0.4, 0.5) is 0 Å². The van der Waals surface area contributed by atoms with Gasteiger partial charge in [-0.2, -0.15) is 0 Å². The predicted molar refractivity (Wildman–Crippen MR) is 110 cm³/mol. The van der Waals surface area contributed by atoms with E-state index in [1.165, 1.54) is 34.1 Å². The second-order valence-electron chi connectivity index (χ2n) is 6.95. The van der Waals surface area contributed by atoms with Crippen LogP contribution in [0.2, 0.25) is 0 Å². The molecule has 2 aromatic carbocycles. The van der Waals surface area contributed by atoms with Crippen LogP contribution in [0.5, 0.6) is 11.5 Å². The summed E-state index contributed by atoms with van der Waals surface area (Å²) in [4.78, 5) is 51.4. The topological polar surface area (TPSA) is 134 Å². The largest absolute Gasteiger partial charge is 0.507 e. The van der Waals surface area contributed by atoms with Crippen molar-refractivity contribution in [1.29, 1.82) is 0 Å². The predicted octanol–water partition coefficient (Wildman–Crippen LogP) is 0.782. The Bertz CT molecular complexity index is 933. The molecule has 0 aliphatic carbocycles. The van der Waals surface area contributed by atoms with Crippen LogP contribution in [0, 0.1) is 0 Å². The Morgan fingerprint density at radius 2 is 1.00 bits per heavy atom. The Kier molecular flexibility index (Phi) is 7.27. The fourth-order valence-electron chi connectivity index (χ4n) is 3.09. The summed E-state index contributed by atoms with van der Waals surface area (Å²) in [5.41, 5.74) is -0.0665. The van der Waals surface area contributed by atoms with Gasteiger partial charge in [-0.15, -0.1) is 0 Å². The number of phenolic OH excluding ortho intramolecular Hbond substituents is 2. The molecule has 0 atom stereocenters. The molecule has 32 heavy (non-hydrogen) atoms. The molecule has 2 aromatic rings. The molecule has 1 saturated heterocycles. The van der Waals surface area contributed by atoms with Crippen LogP contribution in [-0.4, -0.2) is 83.2 Å². The molecule has 0 saturated carbocycles. The number of benzene rings is 2. The van der Waals surface area contributed by atoms with Gasteiger partial charge in [0.05, 0.1) is 0 Å². The molecule has 0 unspecified atom stereocenters. The summed E-state index contributed by atoms with van der Waals surface area (Å²) >= 11 is 0. The monoisotopic (exact) mass is 442 g/mol. The van der Waals surface area contributed by atoms with Gasteiger partial charge in [0.15, 0.2) is 13.2 Å². The Morgan fingerprint density at radius 1 is 0.656 bits per heavy atom. The number of carbonyl (C=O) groups excluding carboxylic acids is 4. The van der Waals surface area contributed by atoms with Crippen LogP contribution in [0.3, 0.4) is 0 Å². The lowest BCUT2D eigenvalue weighted by molar-refractivity contribution is -0.142. The standard InChI is InChI=1S/C22H22N2O8/c25-17-7-3-1-5-15(17)21(29)31-13-19(27)23-9-11-24(12-10-23)20(28)14-32-22(30)16-6-2-4-8-18(16)26/h1-8,25-26H,9-14H2. The molecule has 2 amide bonds. The Hall–Kier alpha value is -4.08. The number of para-hydroxylation sites is 2. The Morgan fingerprint density at radius 3 is 1.34 bits per heavy atom. The first-order valence-electron chi connectivity index (χ1n) is 9.82. The molecule has 168 valence electrons. The highest BCUT2D eigenvalue weighted by atomic mass is 16.5. The maximum atomic E-state index is 12.3. The van der Waals surface area contributed by atoms with Crippen LogP contribution in [0.25, 0.3) is 0 Å². The SMILES string of the molecule is O=C(OCC(=O)N1CCN(C(=O)COC(=O)c2ccccc2O)CC1)c1ccccc1O. The van der Waals surface area contributed by atoms with Crippen molar-refractivity contribution in [3.63, 3.8) is 0 Å². The van der Waals surface area contributed by atoms with E-state index in [1.54, 1.807) is 24.3 Å². The second-order valence-corrected chi connectivity index (χ2v) is 6.95. The van der Waals surface area contributed by atoms with Crippen molar-refractivity contribution in [3.8, 4) is 11.5 Å². The summed E-state index contributed by atoms with van der Waals surface area (Å²) in [6.45, 7) is -0.0604. The molecule has 0 bridgehead atoms. The van der Waals surface area contributed by atoms with Crippen molar-refractivity contribution in [1.82, 2.24) is 9.80 Å². The van der Waals surface area contributed by atoms with Crippen molar-refractivity contribution >= 4 is 23.8 Å². The van der Waals surface area contributed by atoms with Crippen molar-refractivity contribution in [2.75, 3.05) is 39.4 Å². The number of nitrogens with zero attached hydrogens (tertiary/aromatic N) is 2. The summed E-state index contributed by atoms with van der Waals surface area (Å²) < 4.78 is 9.93. The van der Waals surface area contributed by atoms with Crippen LogP contribution in [0.1, 0.15) is 20.7 Å². The van der Waals surface area contributed by atoms with Gasteiger partial charge in [0.25, 0.3) is 11.8 Å². The van der Waals surface area contributed by atoms with Crippen LogP contribution < -0.4 is 0 Å². The number of phenols is 2. The highest BCUT2D eigenvalue weighted by Gasteiger charge is 2.26. The zero-order valence-electron chi connectivity index (χ0n) is 17.1. The summed E-state index contributed by atoms with van der Waals surface area (Å²) in [6.07, 6.45) is 0. The number of hydrogen-bond donors (Lipinski definition) is 2. The first kappa shape index (κ1) is 22.6. The van der Waals surface area contributed by atoms with E-state index in [2.05, 4.69) is 0 Å². The van der Waals surface area contributed by atoms with Crippen molar-refractivity contribution in [2.24, 2.45) is 0 Å². The smallest absolute Gasteiger partial charge is 0.342 e. The van der Waals surface area contributed by atoms with Gasteiger partial charge in [-0.1, -0.05) is 24.3 Å². The maximum absolute atomic E-state index is 12.3.